The topological polar surface area (TPSA) is 71.0 Å². The van der Waals surface area contributed by atoms with E-state index in [1.165, 1.54) is 18.4 Å². The fraction of sp³-hybridized carbons (Fsp3) is 0.458. The Hall–Kier alpha value is -1.80. The minimum atomic E-state index is -0.306. The smallest absolute Gasteiger partial charge is 0.310 e. The maximum absolute atomic E-state index is 12.5. The third-order valence-electron chi connectivity index (χ3n) is 5.86. The molecule has 1 fully saturated rings. The van der Waals surface area contributed by atoms with E-state index in [4.69, 9.17) is 27.9 Å². The molecule has 0 bridgehead atoms. The lowest BCUT2D eigenvalue weighted by Gasteiger charge is -2.36. The zero-order chi connectivity index (χ0) is 23.7. The highest BCUT2D eigenvalue weighted by Crippen LogP contribution is 2.41. The minimum absolute atomic E-state index is 0.122. The van der Waals surface area contributed by atoms with Crippen LogP contribution in [0.1, 0.15) is 37.7 Å². The molecule has 0 aromatic heterocycles. The van der Waals surface area contributed by atoms with Gasteiger partial charge in [0.2, 0.25) is 0 Å². The van der Waals surface area contributed by atoms with E-state index in [1.54, 1.807) is 18.2 Å². The standard InChI is InChI=1S/C24H29Cl2N3O3S/c1-29(17-24(33-28-31)12-5-2-6-13-24)14-15-32-22(30)16-18-8-3-4-11-21(18)27-23-19(25)9-7-10-20(23)26/h3-4,7-11,27H,2,5-6,12-17H2,1H3. The molecule has 0 heterocycles. The molecule has 0 saturated heterocycles. The Labute approximate surface area is 209 Å². The van der Waals surface area contributed by atoms with Crippen molar-refractivity contribution in [2.24, 2.45) is 4.58 Å². The summed E-state index contributed by atoms with van der Waals surface area (Å²) in [5.41, 5.74) is 2.14. The first-order chi connectivity index (χ1) is 15.9. The van der Waals surface area contributed by atoms with Gasteiger partial charge in [0.25, 0.3) is 0 Å². The van der Waals surface area contributed by atoms with Gasteiger partial charge in [-0.15, -0.1) is 4.91 Å². The molecule has 9 heteroatoms. The number of nitroso groups, excluding NO2 is 1. The number of benzene rings is 2. The largest absolute Gasteiger partial charge is 0.464 e. The molecular formula is C24H29Cl2N3O3S. The van der Waals surface area contributed by atoms with Crippen LogP contribution in [-0.2, 0) is 16.0 Å². The molecule has 1 N–H and O–H groups in total. The van der Waals surface area contributed by atoms with Crippen molar-refractivity contribution < 1.29 is 9.53 Å². The second kappa shape index (κ2) is 12.6. The molecule has 0 aliphatic heterocycles. The summed E-state index contributed by atoms with van der Waals surface area (Å²) >= 11 is 13.7. The van der Waals surface area contributed by atoms with E-state index >= 15 is 0 Å². The second-order valence-corrected chi connectivity index (χ2v) is 10.4. The monoisotopic (exact) mass is 509 g/mol. The van der Waals surface area contributed by atoms with Crippen molar-refractivity contribution in [2.45, 2.75) is 43.3 Å². The minimum Gasteiger partial charge on any atom is -0.464 e. The SMILES string of the molecule is CN(CCOC(=O)Cc1ccccc1Nc1c(Cl)cccc1Cl)CC1(SN=O)CCCCC1. The lowest BCUT2D eigenvalue weighted by Crippen LogP contribution is -2.41. The Kier molecular flexibility index (Phi) is 9.86. The molecule has 6 nitrogen and oxygen atoms in total. The lowest BCUT2D eigenvalue weighted by molar-refractivity contribution is -0.143. The number of rotatable bonds is 11. The van der Waals surface area contributed by atoms with Crippen LogP contribution < -0.4 is 5.32 Å². The highest BCUT2D eigenvalue weighted by Gasteiger charge is 2.35. The number of para-hydroxylation sites is 2. The van der Waals surface area contributed by atoms with Crippen molar-refractivity contribution in [3.8, 4) is 0 Å². The third kappa shape index (κ3) is 7.60. The van der Waals surface area contributed by atoms with Gasteiger partial charge in [0.05, 0.1) is 26.9 Å². The Morgan fingerprint density at radius 2 is 1.82 bits per heavy atom. The summed E-state index contributed by atoms with van der Waals surface area (Å²) < 4.78 is 8.50. The van der Waals surface area contributed by atoms with Gasteiger partial charge in [-0.25, -0.2) is 0 Å². The van der Waals surface area contributed by atoms with E-state index in [9.17, 15) is 9.70 Å². The summed E-state index contributed by atoms with van der Waals surface area (Å²) in [6.45, 7) is 1.64. The summed E-state index contributed by atoms with van der Waals surface area (Å²) in [7, 11) is 1.99. The Balaban J connectivity index is 1.51. The van der Waals surface area contributed by atoms with Gasteiger partial charge in [-0.2, -0.15) is 0 Å². The van der Waals surface area contributed by atoms with Crippen LogP contribution in [0.2, 0.25) is 10.0 Å². The number of carbonyl (C=O) groups is 1. The van der Waals surface area contributed by atoms with Crippen LogP contribution >= 0.6 is 35.1 Å². The maximum atomic E-state index is 12.5. The predicted molar refractivity (Wildman–Crippen MR) is 138 cm³/mol. The number of esters is 1. The predicted octanol–water partition coefficient (Wildman–Crippen LogP) is 6.87. The highest BCUT2D eigenvalue weighted by atomic mass is 35.5. The number of nitrogens with zero attached hydrogens (tertiary/aromatic N) is 2. The summed E-state index contributed by atoms with van der Waals surface area (Å²) in [5.74, 6) is -0.306. The number of halogens is 2. The molecule has 3 rings (SSSR count). The summed E-state index contributed by atoms with van der Waals surface area (Å²) in [6.07, 6.45) is 5.57. The first-order valence-electron chi connectivity index (χ1n) is 11.1. The molecule has 1 aliphatic rings. The molecule has 2 aromatic rings. The van der Waals surface area contributed by atoms with Gasteiger partial charge < -0.3 is 15.0 Å². The maximum Gasteiger partial charge on any atom is 0.310 e. The molecule has 0 radical (unpaired) electrons. The first-order valence-corrected chi connectivity index (χ1v) is 12.6. The van der Waals surface area contributed by atoms with Crippen LogP contribution in [0.5, 0.6) is 0 Å². The van der Waals surface area contributed by atoms with Crippen LogP contribution in [0, 0.1) is 4.91 Å². The van der Waals surface area contributed by atoms with Gasteiger partial charge in [0, 0.05) is 35.3 Å². The third-order valence-corrected chi connectivity index (χ3v) is 7.49. The fourth-order valence-corrected chi connectivity index (χ4v) is 5.59. The van der Waals surface area contributed by atoms with Crippen LogP contribution in [0.4, 0.5) is 11.4 Å². The Bertz CT molecular complexity index is 934. The fourth-order valence-electron chi connectivity index (χ4n) is 4.19. The second-order valence-electron chi connectivity index (χ2n) is 8.42. The molecule has 0 atom stereocenters. The van der Waals surface area contributed by atoms with Crippen LogP contribution in [-0.4, -0.2) is 42.4 Å². The van der Waals surface area contributed by atoms with E-state index in [2.05, 4.69) is 14.8 Å². The van der Waals surface area contributed by atoms with E-state index in [1.807, 2.05) is 31.3 Å². The molecule has 0 amide bonds. The molecule has 1 aliphatic carbocycles. The average molecular weight is 510 g/mol. The van der Waals surface area contributed by atoms with Gasteiger partial charge in [-0.1, -0.05) is 66.7 Å². The number of nitrogens with one attached hydrogen (secondary N) is 1. The van der Waals surface area contributed by atoms with Crippen LogP contribution in [0.15, 0.2) is 47.0 Å². The first kappa shape index (κ1) is 25.8. The lowest BCUT2D eigenvalue weighted by atomic mass is 9.88. The molecule has 0 unspecified atom stereocenters. The number of hydrogen-bond donors (Lipinski definition) is 1. The molecular weight excluding hydrogens is 481 g/mol. The van der Waals surface area contributed by atoms with Crippen molar-refractivity contribution in [1.82, 2.24) is 4.90 Å². The van der Waals surface area contributed by atoms with Crippen molar-refractivity contribution in [1.29, 1.82) is 0 Å². The number of carbonyl (C=O) groups excluding carboxylic acids is 1. The van der Waals surface area contributed by atoms with Crippen LogP contribution in [0.3, 0.4) is 0 Å². The van der Waals surface area contributed by atoms with Crippen molar-refractivity contribution in [3.63, 3.8) is 0 Å². The van der Waals surface area contributed by atoms with Crippen molar-refractivity contribution >= 4 is 52.5 Å². The zero-order valence-corrected chi connectivity index (χ0v) is 21.0. The summed E-state index contributed by atoms with van der Waals surface area (Å²) in [4.78, 5) is 25.5. The van der Waals surface area contributed by atoms with E-state index in [0.717, 1.165) is 43.5 Å². The molecule has 33 heavy (non-hydrogen) atoms. The molecule has 0 spiro atoms. The molecule has 178 valence electrons. The molecule has 2 aromatic carbocycles. The van der Waals surface area contributed by atoms with E-state index in [-0.39, 0.29) is 23.7 Å². The highest BCUT2D eigenvalue weighted by molar-refractivity contribution is 7.99. The quantitative estimate of drug-likeness (QED) is 0.202. The van der Waals surface area contributed by atoms with Gasteiger partial charge in [-0.05, 0) is 43.7 Å². The van der Waals surface area contributed by atoms with Gasteiger partial charge in [-0.3, -0.25) is 4.79 Å². The molecule has 1 saturated carbocycles. The zero-order valence-electron chi connectivity index (χ0n) is 18.7. The number of ether oxygens (including phenoxy) is 1. The van der Waals surface area contributed by atoms with Gasteiger partial charge in [0.15, 0.2) is 0 Å². The van der Waals surface area contributed by atoms with Gasteiger partial charge in [0.1, 0.15) is 6.61 Å². The Morgan fingerprint density at radius 1 is 1.12 bits per heavy atom. The van der Waals surface area contributed by atoms with E-state index < -0.39 is 0 Å². The number of hydrogen-bond acceptors (Lipinski definition) is 7. The summed E-state index contributed by atoms with van der Waals surface area (Å²) in [6, 6.07) is 12.8. The average Bonchev–Trinajstić information content (AvgIpc) is 2.78. The van der Waals surface area contributed by atoms with E-state index in [0.29, 0.717) is 22.3 Å². The van der Waals surface area contributed by atoms with Crippen LogP contribution in [0.25, 0.3) is 0 Å². The summed E-state index contributed by atoms with van der Waals surface area (Å²) in [5, 5.41) is 4.24. The Morgan fingerprint density at radius 3 is 2.52 bits per heavy atom. The normalized spacial score (nSPS) is 15.3. The number of likely N-dealkylation sites (N-methyl/N-ethyl adjacent to an activating group) is 1. The van der Waals surface area contributed by atoms with Gasteiger partial charge >= 0.3 is 5.97 Å². The number of anilines is 2. The van der Waals surface area contributed by atoms with Crippen molar-refractivity contribution in [2.75, 3.05) is 32.1 Å². The van der Waals surface area contributed by atoms with Crippen molar-refractivity contribution in [3.05, 3.63) is 63.0 Å².